The molecule has 0 aliphatic rings. The van der Waals surface area contributed by atoms with Crippen molar-refractivity contribution in [2.75, 3.05) is 20.3 Å². The van der Waals surface area contributed by atoms with Gasteiger partial charge in [-0.1, -0.05) is 19.9 Å². The number of carboxylic acid groups (broad SMARTS) is 1. The van der Waals surface area contributed by atoms with Gasteiger partial charge in [-0.05, 0) is 23.6 Å². The molecule has 0 aliphatic carbocycles. The minimum absolute atomic E-state index is 0. The third-order valence-corrected chi connectivity index (χ3v) is 2.44. The van der Waals surface area contributed by atoms with Gasteiger partial charge in [-0.15, -0.1) is 0 Å². The topological polar surface area (TPSA) is 58.6 Å². The van der Waals surface area contributed by atoms with Gasteiger partial charge in [0.05, 0.1) is 12.6 Å². The standard InChI is InChI=1S/C13H18O4.Cs/c1-9(2)10-4-5-12(17-7-6-16-3)11(8-10)13(14)15;/h4-5,8-9H,6-7H2,1-3H3,(H,14,15);/q;+1/p-1. The molecule has 0 spiro atoms. The third-order valence-electron chi connectivity index (χ3n) is 2.44. The van der Waals surface area contributed by atoms with Crippen LogP contribution in [0.2, 0.25) is 0 Å². The molecule has 94 valence electrons. The molecule has 0 unspecified atom stereocenters. The van der Waals surface area contributed by atoms with Gasteiger partial charge in [-0.3, -0.25) is 0 Å². The summed E-state index contributed by atoms with van der Waals surface area (Å²) in [5, 5.41) is 11.0. The second-order valence-electron chi connectivity index (χ2n) is 4.04. The number of hydrogen-bond donors (Lipinski definition) is 0. The van der Waals surface area contributed by atoms with Crippen LogP contribution in [-0.2, 0) is 4.74 Å². The van der Waals surface area contributed by atoms with Crippen molar-refractivity contribution >= 4 is 5.97 Å². The second-order valence-corrected chi connectivity index (χ2v) is 4.04. The average Bonchev–Trinajstić information content (AvgIpc) is 2.29. The van der Waals surface area contributed by atoms with E-state index in [-0.39, 0.29) is 80.4 Å². The van der Waals surface area contributed by atoms with Gasteiger partial charge in [0.25, 0.3) is 0 Å². The number of benzene rings is 1. The normalized spacial score (nSPS) is 10.0. The van der Waals surface area contributed by atoms with Crippen molar-refractivity contribution < 1.29 is 88.3 Å². The predicted octanol–water partition coefficient (Wildman–Crippen LogP) is -1.80. The fraction of sp³-hybridized carbons (Fsp3) is 0.462. The summed E-state index contributed by atoms with van der Waals surface area (Å²) >= 11 is 0. The van der Waals surface area contributed by atoms with E-state index in [9.17, 15) is 9.90 Å². The van der Waals surface area contributed by atoms with Crippen molar-refractivity contribution in [1.82, 2.24) is 0 Å². The van der Waals surface area contributed by atoms with Crippen LogP contribution in [0.25, 0.3) is 0 Å². The summed E-state index contributed by atoms with van der Waals surface area (Å²) in [6.45, 7) is 4.73. The maximum atomic E-state index is 11.0. The molecule has 0 bridgehead atoms. The van der Waals surface area contributed by atoms with E-state index in [4.69, 9.17) is 9.47 Å². The number of carbonyl (C=O) groups excluding carboxylic acids is 1. The van der Waals surface area contributed by atoms with Crippen LogP contribution in [0.4, 0.5) is 0 Å². The summed E-state index contributed by atoms with van der Waals surface area (Å²) in [5.74, 6) is -0.632. The fourth-order valence-corrected chi connectivity index (χ4v) is 1.43. The molecule has 0 aliphatic heterocycles. The first-order chi connectivity index (χ1) is 8.06. The van der Waals surface area contributed by atoms with Crippen LogP contribution in [-0.4, -0.2) is 26.3 Å². The van der Waals surface area contributed by atoms with Gasteiger partial charge in [0.2, 0.25) is 0 Å². The molecule has 0 fully saturated rings. The van der Waals surface area contributed by atoms with Crippen molar-refractivity contribution in [3.8, 4) is 5.75 Å². The predicted molar refractivity (Wildman–Crippen MR) is 62.2 cm³/mol. The zero-order valence-corrected chi connectivity index (χ0v) is 17.6. The fourth-order valence-electron chi connectivity index (χ4n) is 1.43. The van der Waals surface area contributed by atoms with Crippen molar-refractivity contribution in [2.45, 2.75) is 19.8 Å². The minimum atomic E-state index is -1.22. The molecule has 1 aromatic rings. The molecule has 1 aromatic carbocycles. The number of methoxy groups -OCH3 is 1. The van der Waals surface area contributed by atoms with Gasteiger partial charge < -0.3 is 19.4 Å². The van der Waals surface area contributed by atoms with E-state index in [1.807, 2.05) is 19.9 Å². The van der Waals surface area contributed by atoms with E-state index in [0.717, 1.165) is 5.56 Å². The molecular weight excluding hydrogens is 353 g/mol. The second kappa shape index (κ2) is 9.41. The number of aromatic carboxylic acids is 1. The van der Waals surface area contributed by atoms with Crippen LogP contribution in [0, 0.1) is 0 Å². The Morgan fingerprint density at radius 3 is 2.50 bits per heavy atom. The smallest absolute Gasteiger partial charge is 0.545 e. The van der Waals surface area contributed by atoms with E-state index >= 15 is 0 Å². The summed E-state index contributed by atoms with van der Waals surface area (Å²) < 4.78 is 10.2. The molecule has 0 aromatic heterocycles. The van der Waals surface area contributed by atoms with Crippen molar-refractivity contribution in [3.63, 3.8) is 0 Å². The Labute approximate surface area is 166 Å². The van der Waals surface area contributed by atoms with Gasteiger partial charge in [-0.25, -0.2) is 0 Å². The molecule has 0 saturated carbocycles. The van der Waals surface area contributed by atoms with Gasteiger partial charge >= 0.3 is 68.9 Å². The van der Waals surface area contributed by atoms with Crippen LogP contribution in [0.3, 0.4) is 0 Å². The minimum Gasteiger partial charge on any atom is -0.545 e. The molecule has 0 amide bonds. The van der Waals surface area contributed by atoms with Crippen LogP contribution >= 0.6 is 0 Å². The first-order valence-corrected chi connectivity index (χ1v) is 5.53. The Balaban J connectivity index is 0.00000289. The number of hydrogen-bond acceptors (Lipinski definition) is 4. The van der Waals surface area contributed by atoms with Crippen molar-refractivity contribution in [1.29, 1.82) is 0 Å². The summed E-state index contributed by atoms with van der Waals surface area (Å²) in [6.07, 6.45) is 0. The monoisotopic (exact) mass is 370 g/mol. The first-order valence-electron chi connectivity index (χ1n) is 5.53. The van der Waals surface area contributed by atoms with Crippen LogP contribution in [0.5, 0.6) is 5.75 Å². The maximum Gasteiger partial charge on any atom is 1.00 e. The van der Waals surface area contributed by atoms with E-state index < -0.39 is 5.97 Å². The summed E-state index contributed by atoms with van der Waals surface area (Å²) in [7, 11) is 1.56. The zero-order chi connectivity index (χ0) is 12.8. The molecule has 18 heavy (non-hydrogen) atoms. The number of ether oxygens (including phenoxy) is 2. The molecule has 5 heteroatoms. The molecule has 1 rings (SSSR count). The number of carboxylic acids is 1. The van der Waals surface area contributed by atoms with Gasteiger partial charge in [-0.2, -0.15) is 0 Å². The molecule has 0 saturated heterocycles. The first kappa shape index (κ1) is 18.5. The van der Waals surface area contributed by atoms with Crippen LogP contribution in [0.1, 0.15) is 35.7 Å². The Hall–Kier alpha value is 0.502. The van der Waals surface area contributed by atoms with E-state index in [1.165, 1.54) is 0 Å². The number of rotatable bonds is 6. The Bertz CT molecular complexity index is 391. The van der Waals surface area contributed by atoms with Gasteiger partial charge in [0.1, 0.15) is 12.4 Å². The summed E-state index contributed by atoms with van der Waals surface area (Å²) in [4.78, 5) is 11.0. The molecule has 4 nitrogen and oxygen atoms in total. The maximum absolute atomic E-state index is 11.0. The van der Waals surface area contributed by atoms with Crippen molar-refractivity contribution in [2.24, 2.45) is 0 Å². The Kier molecular flexibility index (Phi) is 9.68. The molecular formula is C13H17CsO4. The van der Waals surface area contributed by atoms with Gasteiger partial charge in [0, 0.05) is 12.7 Å². The molecule has 0 atom stereocenters. The van der Waals surface area contributed by atoms with E-state index in [0.29, 0.717) is 19.0 Å². The Morgan fingerprint density at radius 2 is 2.00 bits per heavy atom. The average molecular weight is 370 g/mol. The largest absolute Gasteiger partial charge is 1.00 e. The van der Waals surface area contributed by atoms with Crippen LogP contribution < -0.4 is 78.7 Å². The SMILES string of the molecule is COCCOc1ccc(C(C)C)cc1C(=O)[O-].[Cs+]. The van der Waals surface area contributed by atoms with E-state index in [1.54, 1.807) is 19.2 Å². The molecule has 0 N–H and O–H groups in total. The Morgan fingerprint density at radius 1 is 1.33 bits per heavy atom. The molecule has 0 radical (unpaired) electrons. The summed E-state index contributed by atoms with van der Waals surface area (Å²) in [6, 6.07) is 5.12. The quantitative estimate of drug-likeness (QED) is 0.555. The summed E-state index contributed by atoms with van der Waals surface area (Å²) in [5.41, 5.74) is 1.04. The third kappa shape index (κ3) is 5.65. The zero-order valence-electron chi connectivity index (χ0n) is 11.4. The van der Waals surface area contributed by atoms with E-state index in [2.05, 4.69) is 0 Å². The van der Waals surface area contributed by atoms with Crippen molar-refractivity contribution in [3.05, 3.63) is 29.3 Å². The molecule has 0 heterocycles. The van der Waals surface area contributed by atoms with Gasteiger partial charge in [0.15, 0.2) is 0 Å². The van der Waals surface area contributed by atoms with Crippen LogP contribution in [0.15, 0.2) is 18.2 Å². The number of carbonyl (C=O) groups is 1.